The molecule has 0 atom stereocenters. The Balaban J connectivity index is 1.87. The van der Waals surface area contributed by atoms with Gasteiger partial charge in [-0.25, -0.2) is 13.2 Å². The summed E-state index contributed by atoms with van der Waals surface area (Å²) in [6.07, 6.45) is 1.67. The maximum atomic E-state index is 12.7. The highest BCUT2D eigenvalue weighted by atomic mass is 32.2. The van der Waals surface area contributed by atoms with Gasteiger partial charge in [0.1, 0.15) is 0 Å². The van der Waals surface area contributed by atoms with Gasteiger partial charge in [0, 0.05) is 18.0 Å². The number of rotatable bonds is 5. The highest BCUT2D eigenvalue weighted by Crippen LogP contribution is 2.30. The van der Waals surface area contributed by atoms with Crippen LogP contribution in [0.2, 0.25) is 0 Å². The van der Waals surface area contributed by atoms with E-state index >= 15 is 0 Å². The number of thiophene rings is 1. The van der Waals surface area contributed by atoms with Crippen LogP contribution in [0.3, 0.4) is 0 Å². The Bertz CT molecular complexity index is 959. The molecule has 3 rings (SSSR count). The number of nitrogens with one attached hydrogen (secondary N) is 1. The van der Waals surface area contributed by atoms with Crippen LogP contribution in [0.1, 0.15) is 37.7 Å². The van der Waals surface area contributed by atoms with E-state index in [1.165, 1.54) is 22.5 Å². The molecule has 2 aromatic rings. The summed E-state index contributed by atoms with van der Waals surface area (Å²) in [5, 5.41) is 11.7. The van der Waals surface area contributed by atoms with Crippen LogP contribution in [0.5, 0.6) is 0 Å². The minimum atomic E-state index is -3.61. The van der Waals surface area contributed by atoms with E-state index in [2.05, 4.69) is 5.32 Å². The molecular weight excluding hydrogens is 376 g/mol. The molecule has 2 heterocycles. The summed E-state index contributed by atoms with van der Waals surface area (Å²) in [5.41, 5.74) is 0.138. The van der Waals surface area contributed by atoms with Crippen LogP contribution in [0.4, 0.5) is 5.69 Å². The number of hydrogen-bond acceptors (Lipinski definition) is 5. The maximum absolute atomic E-state index is 12.7. The van der Waals surface area contributed by atoms with E-state index in [1.54, 1.807) is 19.1 Å². The molecule has 1 aliphatic heterocycles. The van der Waals surface area contributed by atoms with E-state index in [9.17, 15) is 23.1 Å². The van der Waals surface area contributed by atoms with Gasteiger partial charge in [-0.15, -0.1) is 11.3 Å². The lowest BCUT2D eigenvalue weighted by Crippen LogP contribution is -2.28. The van der Waals surface area contributed by atoms with E-state index in [1.807, 2.05) is 0 Å². The third-order valence-electron chi connectivity index (χ3n) is 4.18. The normalized spacial score (nSPS) is 15.1. The topological polar surface area (TPSA) is 104 Å². The SMILES string of the molecule is Cc1sc(C(=O)Nc2ccccc2C(=O)O)cc1S(=O)(=O)N1CCCC1. The molecule has 1 saturated heterocycles. The number of aromatic carboxylic acids is 1. The van der Waals surface area contributed by atoms with Gasteiger partial charge >= 0.3 is 5.97 Å². The van der Waals surface area contributed by atoms with E-state index in [0.29, 0.717) is 18.0 Å². The van der Waals surface area contributed by atoms with Gasteiger partial charge in [0.05, 0.1) is 21.0 Å². The Kier molecular flexibility index (Phi) is 5.12. The highest BCUT2D eigenvalue weighted by molar-refractivity contribution is 7.89. The Morgan fingerprint density at radius 1 is 1.19 bits per heavy atom. The minimum absolute atomic E-state index is 0.0287. The number of aryl methyl sites for hydroxylation is 1. The van der Waals surface area contributed by atoms with Gasteiger partial charge in [-0.1, -0.05) is 12.1 Å². The van der Waals surface area contributed by atoms with Crippen LogP contribution in [-0.2, 0) is 10.0 Å². The van der Waals surface area contributed by atoms with Gasteiger partial charge in [-0.3, -0.25) is 4.79 Å². The zero-order chi connectivity index (χ0) is 18.9. The van der Waals surface area contributed by atoms with E-state index in [-0.39, 0.29) is 21.0 Å². The van der Waals surface area contributed by atoms with Crippen LogP contribution in [0.25, 0.3) is 0 Å². The van der Waals surface area contributed by atoms with Gasteiger partial charge in [0.15, 0.2) is 0 Å². The van der Waals surface area contributed by atoms with Gasteiger partial charge in [0.2, 0.25) is 10.0 Å². The average molecular weight is 394 g/mol. The predicted molar refractivity (Wildman–Crippen MR) is 98.4 cm³/mol. The van der Waals surface area contributed by atoms with Crippen LogP contribution in [0, 0.1) is 6.92 Å². The average Bonchev–Trinajstić information content (AvgIpc) is 3.25. The molecule has 2 N–H and O–H groups in total. The molecule has 0 radical (unpaired) electrons. The van der Waals surface area contributed by atoms with Crippen molar-refractivity contribution >= 4 is 38.9 Å². The van der Waals surface area contributed by atoms with Crippen molar-refractivity contribution in [2.45, 2.75) is 24.7 Å². The number of para-hydroxylation sites is 1. The van der Waals surface area contributed by atoms with E-state index in [0.717, 1.165) is 24.2 Å². The van der Waals surface area contributed by atoms with Crippen LogP contribution in [0.15, 0.2) is 35.2 Å². The maximum Gasteiger partial charge on any atom is 0.337 e. The zero-order valence-electron chi connectivity index (χ0n) is 14.1. The number of benzene rings is 1. The Labute approximate surface area is 155 Å². The number of hydrogen-bond donors (Lipinski definition) is 2. The molecule has 26 heavy (non-hydrogen) atoms. The lowest BCUT2D eigenvalue weighted by molar-refractivity contribution is 0.0698. The Morgan fingerprint density at radius 2 is 1.85 bits per heavy atom. The lowest BCUT2D eigenvalue weighted by Gasteiger charge is -2.14. The second kappa shape index (κ2) is 7.18. The van der Waals surface area contributed by atoms with Gasteiger partial charge in [-0.2, -0.15) is 4.31 Å². The first-order chi connectivity index (χ1) is 12.3. The fourth-order valence-corrected chi connectivity index (χ4v) is 5.84. The Hall–Kier alpha value is -2.23. The molecule has 0 saturated carbocycles. The van der Waals surface area contributed by atoms with Gasteiger partial charge < -0.3 is 10.4 Å². The molecule has 1 amide bonds. The van der Waals surface area contributed by atoms with Crippen LogP contribution in [-0.4, -0.2) is 42.8 Å². The minimum Gasteiger partial charge on any atom is -0.478 e. The third-order valence-corrected chi connectivity index (χ3v) is 7.39. The summed E-state index contributed by atoms with van der Waals surface area (Å²) in [4.78, 5) is 24.6. The van der Waals surface area contributed by atoms with Crippen LogP contribution < -0.4 is 5.32 Å². The molecular formula is C17H18N2O5S2. The summed E-state index contributed by atoms with van der Waals surface area (Å²) < 4.78 is 26.9. The van der Waals surface area contributed by atoms with Crippen molar-refractivity contribution in [2.75, 3.05) is 18.4 Å². The van der Waals surface area contributed by atoms with Crippen molar-refractivity contribution in [3.05, 3.63) is 45.6 Å². The summed E-state index contributed by atoms with van der Waals surface area (Å²) in [6, 6.07) is 7.43. The monoisotopic (exact) mass is 394 g/mol. The summed E-state index contributed by atoms with van der Waals surface area (Å²) in [7, 11) is -3.61. The molecule has 0 spiro atoms. The number of anilines is 1. The number of amides is 1. The smallest absolute Gasteiger partial charge is 0.337 e. The first kappa shape index (κ1) is 18.6. The highest BCUT2D eigenvalue weighted by Gasteiger charge is 2.30. The fraction of sp³-hybridized carbons (Fsp3) is 0.294. The molecule has 1 aliphatic rings. The predicted octanol–water partition coefficient (Wildman–Crippen LogP) is 2.79. The van der Waals surface area contributed by atoms with Crippen LogP contribution >= 0.6 is 11.3 Å². The molecule has 1 aromatic heterocycles. The largest absolute Gasteiger partial charge is 0.478 e. The number of sulfonamides is 1. The fourth-order valence-electron chi connectivity index (χ4n) is 2.86. The molecule has 0 unspecified atom stereocenters. The van der Waals surface area contributed by atoms with Crippen molar-refractivity contribution in [3.8, 4) is 0 Å². The summed E-state index contributed by atoms with van der Waals surface area (Å²) in [5.74, 6) is -1.68. The quantitative estimate of drug-likeness (QED) is 0.812. The first-order valence-electron chi connectivity index (χ1n) is 8.05. The van der Waals surface area contributed by atoms with Crippen molar-refractivity contribution in [1.82, 2.24) is 4.31 Å². The molecule has 0 bridgehead atoms. The number of nitrogens with zero attached hydrogens (tertiary/aromatic N) is 1. The first-order valence-corrected chi connectivity index (χ1v) is 10.3. The second-order valence-electron chi connectivity index (χ2n) is 5.95. The summed E-state index contributed by atoms with van der Waals surface area (Å²) in [6.45, 7) is 2.64. The molecule has 1 fully saturated rings. The van der Waals surface area contributed by atoms with E-state index in [4.69, 9.17) is 0 Å². The zero-order valence-corrected chi connectivity index (χ0v) is 15.7. The standard InChI is InChI=1S/C17H18N2O5S2/c1-11-15(26(23,24)19-8-4-5-9-19)10-14(25-11)16(20)18-13-7-3-2-6-12(13)17(21)22/h2-3,6-7,10H,4-5,8-9H2,1H3,(H,18,20)(H,21,22). The molecule has 9 heteroatoms. The number of carboxylic acid groups (broad SMARTS) is 1. The number of carbonyl (C=O) groups is 2. The molecule has 0 aliphatic carbocycles. The van der Waals surface area contributed by atoms with Crippen molar-refractivity contribution in [3.63, 3.8) is 0 Å². The second-order valence-corrected chi connectivity index (χ2v) is 9.11. The van der Waals surface area contributed by atoms with Gasteiger partial charge in [0.25, 0.3) is 5.91 Å². The van der Waals surface area contributed by atoms with E-state index < -0.39 is 21.9 Å². The van der Waals surface area contributed by atoms with Crippen molar-refractivity contribution < 1.29 is 23.1 Å². The van der Waals surface area contributed by atoms with Crippen molar-refractivity contribution in [2.24, 2.45) is 0 Å². The van der Waals surface area contributed by atoms with Crippen molar-refractivity contribution in [1.29, 1.82) is 0 Å². The molecule has 1 aromatic carbocycles. The summed E-state index contributed by atoms with van der Waals surface area (Å²) >= 11 is 1.08. The van der Waals surface area contributed by atoms with Gasteiger partial charge in [-0.05, 0) is 38.0 Å². The lowest BCUT2D eigenvalue weighted by atomic mass is 10.2. The Morgan fingerprint density at radius 3 is 2.50 bits per heavy atom. The molecule has 138 valence electrons. The number of carboxylic acids is 1. The molecule has 7 nitrogen and oxygen atoms in total. The third kappa shape index (κ3) is 3.50. The number of carbonyl (C=O) groups excluding carboxylic acids is 1.